The summed E-state index contributed by atoms with van der Waals surface area (Å²) >= 11 is 0. The summed E-state index contributed by atoms with van der Waals surface area (Å²) in [4.78, 5) is 15.0. The largest absolute Gasteiger partial charge is 0.354 e. The summed E-state index contributed by atoms with van der Waals surface area (Å²) in [5.74, 6) is -0.0122. The molecule has 102 valence electrons. The highest BCUT2D eigenvalue weighted by Crippen LogP contribution is 2.25. The van der Waals surface area contributed by atoms with Crippen molar-refractivity contribution in [1.29, 1.82) is 0 Å². The van der Waals surface area contributed by atoms with Gasteiger partial charge in [-0.25, -0.2) is 0 Å². The molecule has 0 spiro atoms. The van der Waals surface area contributed by atoms with Crippen LogP contribution in [0.15, 0.2) is 36.7 Å². The van der Waals surface area contributed by atoms with E-state index >= 15 is 0 Å². The highest BCUT2D eigenvalue weighted by molar-refractivity contribution is 5.95. The molecule has 3 N–H and O–H groups in total. The minimum absolute atomic E-state index is 0.0194. The molecule has 2 heterocycles. The lowest BCUT2D eigenvalue weighted by molar-refractivity contribution is -0.118. The molecule has 0 aliphatic heterocycles. The number of H-pyrrole nitrogens is 2. The lowest BCUT2D eigenvalue weighted by atomic mass is 10.2. The van der Waals surface area contributed by atoms with E-state index in [-0.39, 0.29) is 11.8 Å². The van der Waals surface area contributed by atoms with Crippen LogP contribution >= 0.6 is 0 Å². The van der Waals surface area contributed by atoms with Crippen molar-refractivity contribution in [1.82, 2.24) is 15.2 Å². The SMILES string of the molecule is CC(C)C(=O)Nc1ccc2cc(-c3cn[nH]c3)[nH]c2c1. The first-order valence-electron chi connectivity index (χ1n) is 6.56. The third-order valence-corrected chi connectivity index (χ3v) is 3.22. The molecule has 0 saturated carbocycles. The summed E-state index contributed by atoms with van der Waals surface area (Å²) in [5.41, 5.74) is 3.80. The van der Waals surface area contributed by atoms with Crippen LogP contribution in [0.4, 0.5) is 5.69 Å². The lowest BCUT2D eigenvalue weighted by Gasteiger charge is -2.07. The minimum atomic E-state index is -0.0316. The molecule has 20 heavy (non-hydrogen) atoms. The van der Waals surface area contributed by atoms with Gasteiger partial charge in [0.05, 0.1) is 6.20 Å². The van der Waals surface area contributed by atoms with Crippen molar-refractivity contribution in [2.75, 3.05) is 5.32 Å². The Morgan fingerprint density at radius 1 is 1.30 bits per heavy atom. The Hall–Kier alpha value is -2.56. The average molecular weight is 268 g/mol. The summed E-state index contributed by atoms with van der Waals surface area (Å²) < 4.78 is 0. The highest BCUT2D eigenvalue weighted by atomic mass is 16.1. The predicted octanol–water partition coefficient (Wildman–Crippen LogP) is 3.15. The van der Waals surface area contributed by atoms with Gasteiger partial charge >= 0.3 is 0 Å². The van der Waals surface area contributed by atoms with E-state index < -0.39 is 0 Å². The van der Waals surface area contributed by atoms with Gasteiger partial charge in [0.1, 0.15) is 0 Å². The first-order valence-corrected chi connectivity index (χ1v) is 6.56. The van der Waals surface area contributed by atoms with E-state index in [1.807, 2.05) is 38.2 Å². The molecule has 0 aliphatic carbocycles. The summed E-state index contributed by atoms with van der Waals surface area (Å²) in [7, 11) is 0. The van der Waals surface area contributed by atoms with Gasteiger partial charge in [-0.3, -0.25) is 9.89 Å². The molecule has 1 amide bonds. The quantitative estimate of drug-likeness (QED) is 0.682. The van der Waals surface area contributed by atoms with Gasteiger partial charge in [0.2, 0.25) is 5.91 Å². The van der Waals surface area contributed by atoms with Crippen molar-refractivity contribution in [3.05, 3.63) is 36.7 Å². The molecule has 2 aromatic heterocycles. The van der Waals surface area contributed by atoms with E-state index in [0.29, 0.717) is 0 Å². The van der Waals surface area contributed by atoms with Gasteiger partial charge in [0.15, 0.2) is 0 Å². The van der Waals surface area contributed by atoms with Gasteiger partial charge in [0.25, 0.3) is 0 Å². The molecule has 3 rings (SSSR count). The number of aromatic nitrogens is 3. The summed E-state index contributed by atoms with van der Waals surface area (Å²) in [6, 6.07) is 7.91. The van der Waals surface area contributed by atoms with Gasteiger partial charge in [-0.15, -0.1) is 0 Å². The van der Waals surface area contributed by atoms with Gasteiger partial charge in [-0.2, -0.15) is 5.10 Å². The first-order chi connectivity index (χ1) is 9.63. The zero-order chi connectivity index (χ0) is 14.1. The summed E-state index contributed by atoms with van der Waals surface area (Å²) in [6.07, 6.45) is 3.61. The fraction of sp³-hybridized carbons (Fsp3) is 0.200. The van der Waals surface area contributed by atoms with Crippen LogP contribution in [0.25, 0.3) is 22.2 Å². The number of hydrogen-bond donors (Lipinski definition) is 3. The van der Waals surface area contributed by atoms with E-state index in [0.717, 1.165) is 27.8 Å². The molecule has 0 bridgehead atoms. The highest BCUT2D eigenvalue weighted by Gasteiger charge is 2.09. The number of fused-ring (bicyclic) bond motifs is 1. The molecule has 3 aromatic rings. The van der Waals surface area contributed by atoms with Crippen LogP contribution < -0.4 is 5.32 Å². The molecule has 1 aromatic carbocycles. The second-order valence-electron chi connectivity index (χ2n) is 5.12. The zero-order valence-electron chi connectivity index (χ0n) is 11.4. The second-order valence-corrected chi connectivity index (χ2v) is 5.12. The number of amides is 1. The molecule has 5 nitrogen and oxygen atoms in total. The maximum absolute atomic E-state index is 11.7. The number of rotatable bonds is 3. The fourth-order valence-corrected chi connectivity index (χ4v) is 2.05. The normalized spacial score (nSPS) is 11.2. The Morgan fingerprint density at radius 3 is 2.85 bits per heavy atom. The number of nitrogens with zero attached hydrogens (tertiary/aromatic N) is 1. The van der Waals surface area contributed by atoms with Crippen molar-refractivity contribution in [3.8, 4) is 11.3 Å². The molecule has 5 heteroatoms. The Labute approximate surface area is 116 Å². The third-order valence-electron chi connectivity index (χ3n) is 3.22. The average Bonchev–Trinajstić information content (AvgIpc) is 3.06. The van der Waals surface area contributed by atoms with Crippen molar-refractivity contribution < 1.29 is 4.79 Å². The molecule has 0 saturated heterocycles. The van der Waals surface area contributed by atoms with Crippen molar-refractivity contribution in [2.45, 2.75) is 13.8 Å². The summed E-state index contributed by atoms with van der Waals surface area (Å²) in [5, 5.41) is 10.7. The molecule has 0 radical (unpaired) electrons. The van der Waals surface area contributed by atoms with Crippen LogP contribution in [-0.2, 0) is 4.79 Å². The number of nitrogens with one attached hydrogen (secondary N) is 3. The maximum atomic E-state index is 11.7. The van der Waals surface area contributed by atoms with Gasteiger partial charge in [-0.1, -0.05) is 19.9 Å². The van der Waals surface area contributed by atoms with E-state index in [1.54, 1.807) is 6.20 Å². The summed E-state index contributed by atoms with van der Waals surface area (Å²) in [6.45, 7) is 3.75. The Morgan fingerprint density at radius 2 is 2.15 bits per heavy atom. The van der Waals surface area contributed by atoms with Crippen LogP contribution in [-0.4, -0.2) is 21.1 Å². The van der Waals surface area contributed by atoms with Crippen LogP contribution in [0.3, 0.4) is 0 Å². The monoisotopic (exact) mass is 268 g/mol. The smallest absolute Gasteiger partial charge is 0.226 e. The van der Waals surface area contributed by atoms with E-state index in [2.05, 4.69) is 26.6 Å². The number of hydrogen-bond acceptors (Lipinski definition) is 2. The second kappa shape index (κ2) is 4.85. The Bertz CT molecular complexity index is 740. The third kappa shape index (κ3) is 2.30. The molecular weight excluding hydrogens is 252 g/mol. The number of carbonyl (C=O) groups is 1. The lowest BCUT2D eigenvalue weighted by Crippen LogP contribution is -2.17. The zero-order valence-corrected chi connectivity index (χ0v) is 11.4. The first kappa shape index (κ1) is 12.5. The molecule has 0 aliphatic rings. The standard InChI is InChI=1S/C15H16N4O/c1-9(2)15(20)18-12-4-3-10-5-13(19-14(10)6-12)11-7-16-17-8-11/h3-9,19H,1-2H3,(H,16,17)(H,18,20). The number of aromatic amines is 2. The van der Waals surface area contributed by atoms with E-state index in [1.165, 1.54) is 0 Å². The number of anilines is 1. The van der Waals surface area contributed by atoms with E-state index in [4.69, 9.17) is 0 Å². The van der Waals surface area contributed by atoms with E-state index in [9.17, 15) is 4.79 Å². The predicted molar refractivity (Wildman–Crippen MR) is 79.3 cm³/mol. The minimum Gasteiger partial charge on any atom is -0.354 e. The van der Waals surface area contributed by atoms with Gasteiger partial charge < -0.3 is 10.3 Å². The maximum Gasteiger partial charge on any atom is 0.226 e. The van der Waals surface area contributed by atoms with Crippen LogP contribution in [0.2, 0.25) is 0 Å². The van der Waals surface area contributed by atoms with Crippen molar-refractivity contribution in [2.24, 2.45) is 5.92 Å². The molecule has 0 fully saturated rings. The number of carbonyl (C=O) groups excluding carboxylic acids is 1. The van der Waals surface area contributed by atoms with Gasteiger partial charge in [0, 0.05) is 40.0 Å². The number of benzene rings is 1. The molecule has 0 atom stereocenters. The van der Waals surface area contributed by atoms with Gasteiger partial charge in [-0.05, 0) is 18.2 Å². The van der Waals surface area contributed by atoms with Crippen LogP contribution in [0.5, 0.6) is 0 Å². The van der Waals surface area contributed by atoms with Crippen LogP contribution in [0, 0.1) is 5.92 Å². The molecular formula is C15H16N4O. The van der Waals surface area contributed by atoms with Crippen molar-refractivity contribution >= 4 is 22.5 Å². The molecule has 0 unspecified atom stereocenters. The van der Waals surface area contributed by atoms with Crippen LogP contribution in [0.1, 0.15) is 13.8 Å². The fourth-order valence-electron chi connectivity index (χ4n) is 2.05. The Balaban J connectivity index is 1.93. The van der Waals surface area contributed by atoms with Crippen molar-refractivity contribution in [3.63, 3.8) is 0 Å². The Kier molecular flexibility index (Phi) is 3.02. The topological polar surface area (TPSA) is 73.6 Å².